The third kappa shape index (κ3) is 29.5. The lowest BCUT2D eigenvalue weighted by Crippen LogP contribution is -2.37. The van der Waals surface area contributed by atoms with Gasteiger partial charge in [0, 0.05) is 31.1 Å². The van der Waals surface area contributed by atoms with Gasteiger partial charge >= 0.3 is 11.9 Å². The number of carbonyl (C=O) groups excluding carboxylic acids is 3. The van der Waals surface area contributed by atoms with Crippen LogP contribution in [-0.2, 0) is 37.5 Å². The summed E-state index contributed by atoms with van der Waals surface area (Å²) in [5.74, 6) is -1.53. The number of esters is 2. The average Bonchev–Trinajstić information content (AvgIpc) is 3.43. The van der Waals surface area contributed by atoms with E-state index in [1.54, 1.807) is 6.08 Å². The topological polar surface area (TPSA) is 169 Å². The number of ether oxygens (including phenoxy) is 2. The summed E-state index contributed by atoms with van der Waals surface area (Å²) in [7, 11) is 1.03. The molecule has 340 valence electrons. The van der Waals surface area contributed by atoms with Crippen molar-refractivity contribution in [1.29, 1.82) is 0 Å². The third-order valence-electron chi connectivity index (χ3n) is 10.9. The number of aliphatic hydroxyl groups excluding tert-OH is 2. The number of phosphoric ester groups is 1. The quantitative estimate of drug-likeness (QED) is 0.0200. The van der Waals surface area contributed by atoms with Crippen LogP contribution in [0.3, 0.4) is 0 Å². The van der Waals surface area contributed by atoms with E-state index in [4.69, 9.17) is 18.5 Å². The standard InChI is InChI=1S/C45H84NO11P/c1-6-8-10-11-12-13-14-15-16-17-18-19-20-25-29-44(50)54-36-39(37-56-58(52,53)55-34-33-46(3,4)5)57-45(51)30-26-22-21-24-28-40-41(43(49)35-42(40)48)32-31-38(47)27-23-9-7-2/h31-32,38-41,43,47,49H,6-30,33-37H2,1-5H3/b32-31+/t38-,39+,40+,41+,43+/m0/s1. The summed E-state index contributed by atoms with van der Waals surface area (Å²) >= 11 is 0. The van der Waals surface area contributed by atoms with Gasteiger partial charge in [0.25, 0.3) is 7.82 Å². The van der Waals surface area contributed by atoms with Crippen LogP contribution in [0.5, 0.6) is 0 Å². The van der Waals surface area contributed by atoms with Crippen molar-refractivity contribution in [2.75, 3.05) is 47.5 Å². The minimum Gasteiger partial charge on any atom is -0.756 e. The molecule has 0 bridgehead atoms. The van der Waals surface area contributed by atoms with Crippen LogP contribution < -0.4 is 4.89 Å². The summed E-state index contributed by atoms with van der Waals surface area (Å²) in [5, 5.41) is 20.8. The number of likely N-dealkylation sites (N-methyl/N-ethyl adjacent to an activating group) is 1. The number of phosphoric acid groups is 1. The maximum absolute atomic E-state index is 12.8. The van der Waals surface area contributed by atoms with Crippen LogP contribution in [0.2, 0.25) is 0 Å². The highest BCUT2D eigenvalue weighted by molar-refractivity contribution is 7.45. The van der Waals surface area contributed by atoms with Gasteiger partial charge in [-0.2, -0.15) is 0 Å². The first-order valence-electron chi connectivity index (χ1n) is 23.0. The molecule has 1 aliphatic carbocycles. The largest absolute Gasteiger partial charge is 0.756 e. The lowest BCUT2D eigenvalue weighted by atomic mass is 9.88. The molecule has 0 aliphatic heterocycles. The van der Waals surface area contributed by atoms with Gasteiger partial charge in [-0.1, -0.05) is 148 Å². The van der Waals surface area contributed by atoms with E-state index in [0.29, 0.717) is 43.1 Å². The molecule has 0 spiro atoms. The molecule has 1 unspecified atom stereocenters. The molecule has 13 heteroatoms. The van der Waals surface area contributed by atoms with Crippen molar-refractivity contribution in [3.05, 3.63) is 12.2 Å². The second-order valence-electron chi connectivity index (χ2n) is 17.6. The Morgan fingerprint density at radius 3 is 1.86 bits per heavy atom. The summed E-state index contributed by atoms with van der Waals surface area (Å²) in [4.78, 5) is 50.4. The maximum atomic E-state index is 12.8. The Labute approximate surface area is 352 Å². The van der Waals surface area contributed by atoms with E-state index in [1.165, 1.54) is 64.2 Å². The highest BCUT2D eigenvalue weighted by Gasteiger charge is 2.39. The highest BCUT2D eigenvalue weighted by Crippen LogP contribution is 2.38. The van der Waals surface area contributed by atoms with Crippen LogP contribution in [0.4, 0.5) is 0 Å². The molecule has 0 aromatic carbocycles. The van der Waals surface area contributed by atoms with Gasteiger partial charge in [0.15, 0.2) is 6.10 Å². The molecule has 0 saturated heterocycles. The number of hydrogen-bond donors (Lipinski definition) is 2. The number of hydrogen-bond acceptors (Lipinski definition) is 11. The van der Waals surface area contributed by atoms with Crippen molar-refractivity contribution in [3.8, 4) is 0 Å². The van der Waals surface area contributed by atoms with Crippen LogP contribution in [0.15, 0.2) is 12.2 Å². The van der Waals surface area contributed by atoms with Crippen molar-refractivity contribution < 1.29 is 57.1 Å². The third-order valence-corrected chi connectivity index (χ3v) is 11.9. The van der Waals surface area contributed by atoms with Crippen LogP contribution in [0.25, 0.3) is 0 Å². The smallest absolute Gasteiger partial charge is 0.306 e. The van der Waals surface area contributed by atoms with Gasteiger partial charge in [0.05, 0.1) is 40.0 Å². The van der Waals surface area contributed by atoms with Crippen molar-refractivity contribution in [2.24, 2.45) is 11.8 Å². The molecule has 0 aromatic heterocycles. The number of nitrogens with zero attached hydrogens (tertiary/aromatic N) is 1. The number of unbranched alkanes of at least 4 members (excludes halogenated alkanes) is 18. The van der Waals surface area contributed by atoms with Crippen molar-refractivity contribution >= 4 is 25.5 Å². The fourth-order valence-electron chi connectivity index (χ4n) is 7.26. The van der Waals surface area contributed by atoms with Crippen LogP contribution in [-0.4, -0.2) is 98.2 Å². The average molecular weight is 846 g/mol. The summed E-state index contributed by atoms with van der Waals surface area (Å²) in [6.07, 6.45) is 25.6. The summed E-state index contributed by atoms with van der Waals surface area (Å²) in [6.45, 7) is 3.86. The van der Waals surface area contributed by atoms with Gasteiger partial charge in [0.2, 0.25) is 0 Å². The zero-order chi connectivity index (χ0) is 43.1. The van der Waals surface area contributed by atoms with E-state index in [9.17, 15) is 34.1 Å². The predicted octanol–water partition coefficient (Wildman–Crippen LogP) is 8.92. The Balaban J connectivity index is 2.46. The fourth-order valence-corrected chi connectivity index (χ4v) is 7.99. The normalized spacial score (nSPS) is 19.4. The molecule has 1 fully saturated rings. The monoisotopic (exact) mass is 846 g/mol. The second kappa shape index (κ2) is 33.0. The Kier molecular flexibility index (Phi) is 31.0. The zero-order valence-corrected chi connectivity index (χ0v) is 38.1. The first-order chi connectivity index (χ1) is 27.7. The molecular weight excluding hydrogens is 761 g/mol. The van der Waals surface area contributed by atoms with Crippen LogP contribution >= 0.6 is 7.82 Å². The van der Waals surface area contributed by atoms with Crippen LogP contribution in [0.1, 0.15) is 181 Å². The molecule has 0 radical (unpaired) electrons. The number of carbonyl (C=O) groups is 3. The SMILES string of the molecule is CCCCCCCCCCCCCCCCC(=O)OC[C@H](COP(=O)([O-])OCC[N+](C)(C)C)OC(=O)CCCCCC[C@H]1C(=O)C[C@@H](O)[C@@H]1/C=C/[C@@H](O)CCCCC. The Bertz CT molecular complexity index is 1160. The first-order valence-corrected chi connectivity index (χ1v) is 24.5. The van der Waals surface area contributed by atoms with Gasteiger partial charge < -0.3 is 38.1 Å². The minimum absolute atomic E-state index is 0.0427. The van der Waals surface area contributed by atoms with Crippen molar-refractivity contribution in [2.45, 2.75) is 199 Å². The zero-order valence-electron chi connectivity index (χ0n) is 37.2. The number of aliphatic hydroxyl groups is 2. The van der Waals surface area contributed by atoms with E-state index < -0.39 is 44.7 Å². The predicted molar refractivity (Wildman–Crippen MR) is 228 cm³/mol. The van der Waals surface area contributed by atoms with Crippen LogP contribution in [0, 0.1) is 11.8 Å². The van der Waals surface area contributed by atoms with Gasteiger partial charge in [-0.05, 0) is 25.7 Å². The molecule has 0 heterocycles. The molecule has 12 nitrogen and oxygen atoms in total. The van der Waals surface area contributed by atoms with E-state index in [2.05, 4.69) is 13.8 Å². The number of rotatable bonds is 38. The van der Waals surface area contributed by atoms with E-state index in [-0.39, 0.29) is 50.1 Å². The van der Waals surface area contributed by atoms with Crippen molar-refractivity contribution in [1.82, 2.24) is 0 Å². The molecule has 6 atom stereocenters. The molecular formula is C45H84NO11P. The number of quaternary nitrogens is 1. The first kappa shape index (κ1) is 54.4. The minimum atomic E-state index is -4.69. The van der Waals surface area contributed by atoms with Gasteiger partial charge in [0.1, 0.15) is 25.5 Å². The Hall–Kier alpha value is -1.66. The molecule has 58 heavy (non-hydrogen) atoms. The lowest BCUT2D eigenvalue weighted by Gasteiger charge is -2.28. The molecule has 1 aliphatic rings. The summed E-state index contributed by atoms with van der Waals surface area (Å²) < 4.78 is 33.9. The van der Waals surface area contributed by atoms with Crippen molar-refractivity contribution in [3.63, 3.8) is 0 Å². The van der Waals surface area contributed by atoms with E-state index >= 15 is 0 Å². The molecule has 0 aromatic rings. The second-order valence-corrected chi connectivity index (χ2v) is 19.0. The van der Waals surface area contributed by atoms with E-state index in [1.807, 2.05) is 27.2 Å². The Morgan fingerprint density at radius 2 is 1.29 bits per heavy atom. The highest BCUT2D eigenvalue weighted by atomic mass is 31.2. The molecule has 2 N–H and O–H groups in total. The summed E-state index contributed by atoms with van der Waals surface area (Å²) in [5.41, 5.74) is 0. The van der Waals surface area contributed by atoms with E-state index in [0.717, 1.165) is 51.4 Å². The molecule has 1 saturated carbocycles. The summed E-state index contributed by atoms with van der Waals surface area (Å²) in [6, 6.07) is 0. The number of ketones is 1. The van der Waals surface area contributed by atoms with Gasteiger partial charge in [-0.15, -0.1) is 0 Å². The fraction of sp³-hybridized carbons (Fsp3) is 0.889. The molecule has 0 amide bonds. The maximum Gasteiger partial charge on any atom is 0.306 e. The lowest BCUT2D eigenvalue weighted by molar-refractivity contribution is -0.870. The Morgan fingerprint density at radius 1 is 0.776 bits per heavy atom. The van der Waals surface area contributed by atoms with Gasteiger partial charge in [-0.3, -0.25) is 18.9 Å². The number of Topliss-reactive ketones (excluding diaryl/α,β-unsaturated/α-hetero) is 1. The molecule has 1 rings (SSSR count). The van der Waals surface area contributed by atoms with Gasteiger partial charge in [-0.25, -0.2) is 0 Å².